The molecule has 3 aromatic rings. The Labute approximate surface area is 219 Å². The average molecular weight is 523 g/mol. The minimum absolute atomic E-state index is 0.0104. The SMILES string of the molecule is CCCCOc1c(Cl)cc(C(=O)Oc2ccc3c(c2)OC(N)=C(C#N)C3c2ccc(C)cc2)cc1Cl. The molecule has 0 aliphatic carbocycles. The van der Waals surface area contributed by atoms with Crippen LogP contribution < -0.4 is 19.9 Å². The summed E-state index contributed by atoms with van der Waals surface area (Å²) in [5, 5.41) is 10.2. The third kappa shape index (κ3) is 5.28. The van der Waals surface area contributed by atoms with E-state index in [1.54, 1.807) is 18.2 Å². The Kier molecular flexibility index (Phi) is 7.73. The van der Waals surface area contributed by atoms with Crippen LogP contribution in [0.2, 0.25) is 10.0 Å². The summed E-state index contributed by atoms with van der Waals surface area (Å²) in [6.07, 6.45) is 1.83. The zero-order chi connectivity index (χ0) is 25.8. The molecule has 6 nitrogen and oxygen atoms in total. The number of esters is 1. The molecule has 0 saturated carbocycles. The van der Waals surface area contributed by atoms with Gasteiger partial charge >= 0.3 is 5.97 Å². The van der Waals surface area contributed by atoms with Crippen molar-refractivity contribution in [3.8, 4) is 23.3 Å². The highest BCUT2D eigenvalue weighted by Gasteiger charge is 2.31. The molecule has 3 aromatic carbocycles. The van der Waals surface area contributed by atoms with Gasteiger partial charge in [-0.15, -0.1) is 0 Å². The Morgan fingerprint density at radius 3 is 2.44 bits per heavy atom. The number of rotatable bonds is 7. The highest BCUT2D eigenvalue weighted by Crippen LogP contribution is 2.43. The van der Waals surface area contributed by atoms with E-state index in [4.69, 9.17) is 43.1 Å². The lowest BCUT2D eigenvalue weighted by Gasteiger charge is -2.26. The predicted molar refractivity (Wildman–Crippen MR) is 139 cm³/mol. The van der Waals surface area contributed by atoms with E-state index in [1.165, 1.54) is 12.1 Å². The molecule has 36 heavy (non-hydrogen) atoms. The number of allylic oxidation sites excluding steroid dienone is 1. The van der Waals surface area contributed by atoms with Gasteiger partial charge in [0.05, 0.1) is 28.1 Å². The maximum absolute atomic E-state index is 12.8. The van der Waals surface area contributed by atoms with Crippen molar-refractivity contribution >= 4 is 29.2 Å². The van der Waals surface area contributed by atoms with Crippen LogP contribution in [0.25, 0.3) is 0 Å². The van der Waals surface area contributed by atoms with Gasteiger partial charge in [-0.05, 0) is 37.1 Å². The summed E-state index contributed by atoms with van der Waals surface area (Å²) in [5.74, 6) is -0.0595. The lowest BCUT2D eigenvalue weighted by molar-refractivity contribution is 0.0734. The predicted octanol–water partition coefficient (Wildman–Crippen LogP) is 6.92. The van der Waals surface area contributed by atoms with Crippen LogP contribution in [0.5, 0.6) is 17.2 Å². The van der Waals surface area contributed by atoms with Crippen LogP contribution in [-0.2, 0) is 0 Å². The van der Waals surface area contributed by atoms with Gasteiger partial charge in [0.25, 0.3) is 0 Å². The van der Waals surface area contributed by atoms with E-state index in [1.807, 2.05) is 38.1 Å². The van der Waals surface area contributed by atoms with E-state index in [9.17, 15) is 10.1 Å². The van der Waals surface area contributed by atoms with E-state index >= 15 is 0 Å². The zero-order valence-corrected chi connectivity index (χ0v) is 21.3. The lowest BCUT2D eigenvalue weighted by atomic mass is 9.83. The van der Waals surface area contributed by atoms with Crippen LogP contribution in [-0.4, -0.2) is 12.6 Å². The van der Waals surface area contributed by atoms with Gasteiger partial charge in [0.1, 0.15) is 23.1 Å². The molecule has 2 N–H and O–H groups in total. The largest absolute Gasteiger partial charge is 0.490 e. The summed E-state index contributed by atoms with van der Waals surface area (Å²) in [6.45, 7) is 4.52. The average Bonchev–Trinajstić information content (AvgIpc) is 2.85. The number of halogens is 2. The smallest absolute Gasteiger partial charge is 0.343 e. The van der Waals surface area contributed by atoms with Crippen LogP contribution in [0.3, 0.4) is 0 Å². The molecule has 0 radical (unpaired) electrons. The molecule has 1 aliphatic heterocycles. The van der Waals surface area contributed by atoms with Crippen LogP contribution in [0, 0.1) is 18.3 Å². The first-order valence-electron chi connectivity index (χ1n) is 11.4. The number of nitrogens with zero attached hydrogens (tertiary/aromatic N) is 1. The minimum atomic E-state index is -0.647. The quantitative estimate of drug-likeness (QED) is 0.205. The first-order valence-corrected chi connectivity index (χ1v) is 12.2. The van der Waals surface area contributed by atoms with Crippen molar-refractivity contribution in [3.05, 3.63) is 98.4 Å². The Morgan fingerprint density at radius 1 is 1.11 bits per heavy atom. The Balaban J connectivity index is 1.59. The number of hydrogen-bond acceptors (Lipinski definition) is 6. The summed E-state index contributed by atoms with van der Waals surface area (Å²) in [6, 6.07) is 17.9. The molecule has 1 heterocycles. The highest BCUT2D eigenvalue weighted by atomic mass is 35.5. The first kappa shape index (κ1) is 25.4. The number of carbonyl (C=O) groups excluding carboxylic acids is 1. The van der Waals surface area contributed by atoms with Crippen LogP contribution in [0.1, 0.15) is 52.7 Å². The fourth-order valence-corrected chi connectivity index (χ4v) is 4.50. The van der Waals surface area contributed by atoms with Crippen molar-refractivity contribution < 1.29 is 19.0 Å². The van der Waals surface area contributed by atoms with Gasteiger partial charge in [-0.3, -0.25) is 0 Å². The second-order valence-corrected chi connectivity index (χ2v) is 9.21. The fraction of sp³-hybridized carbons (Fsp3) is 0.214. The van der Waals surface area contributed by atoms with Gasteiger partial charge in [0.2, 0.25) is 5.88 Å². The Bertz CT molecular complexity index is 1350. The zero-order valence-electron chi connectivity index (χ0n) is 19.8. The van der Waals surface area contributed by atoms with Crippen molar-refractivity contribution in [2.45, 2.75) is 32.6 Å². The van der Waals surface area contributed by atoms with Gasteiger partial charge in [0, 0.05) is 11.6 Å². The minimum Gasteiger partial charge on any atom is -0.490 e. The van der Waals surface area contributed by atoms with E-state index in [-0.39, 0.29) is 27.2 Å². The monoisotopic (exact) mass is 522 g/mol. The molecule has 1 aliphatic rings. The van der Waals surface area contributed by atoms with Crippen LogP contribution >= 0.6 is 23.2 Å². The maximum atomic E-state index is 12.8. The molecular formula is C28H24Cl2N2O4. The van der Waals surface area contributed by atoms with E-state index in [0.717, 1.165) is 29.5 Å². The number of carbonyl (C=O) groups is 1. The third-order valence-electron chi connectivity index (χ3n) is 5.79. The number of benzene rings is 3. The van der Waals surface area contributed by atoms with Gasteiger partial charge in [-0.1, -0.05) is 72.4 Å². The summed E-state index contributed by atoms with van der Waals surface area (Å²) in [4.78, 5) is 12.8. The number of aryl methyl sites for hydroxylation is 1. The maximum Gasteiger partial charge on any atom is 0.343 e. The molecule has 1 atom stereocenters. The molecule has 8 heteroatoms. The highest BCUT2D eigenvalue weighted by molar-refractivity contribution is 6.37. The lowest BCUT2D eigenvalue weighted by Crippen LogP contribution is -2.21. The normalized spacial score (nSPS) is 14.5. The number of unbranched alkanes of at least 4 members (excludes halogenated alkanes) is 1. The van der Waals surface area contributed by atoms with E-state index in [0.29, 0.717) is 23.7 Å². The molecule has 0 saturated heterocycles. The van der Waals surface area contributed by atoms with E-state index < -0.39 is 11.9 Å². The molecule has 4 rings (SSSR count). The van der Waals surface area contributed by atoms with Crippen molar-refractivity contribution in [2.24, 2.45) is 5.73 Å². The molecule has 0 spiro atoms. The van der Waals surface area contributed by atoms with Crippen LogP contribution in [0.15, 0.2) is 66.1 Å². The van der Waals surface area contributed by atoms with Crippen molar-refractivity contribution in [1.82, 2.24) is 0 Å². The van der Waals surface area contributed by atoms with Gasteiger partial charge in [0.15, 0.2) is 5.75 Å². The number of fused-ring (bicyclic) bond motifs is 1. The standard InChI is InChI=1S/C28H24Cl2N2O4/c1-3-4-11-34-26-22(29)12-18(13-23(26)30)28(33)35-19-9-10-20-24(14-19)36-27(32)21(15-31)25(20)17-7-5-16(2)6-8-17/h5-10,12-14,25H,3-4,11,32H2,1-2H3. The molecule has 184 valence electrons. The van der Waals surface area contributed by atoms with Crippen molar-refractivity contribution in [2.75, 3.05) is 6.61 Å². The number of ether oxygens (including phenoxy) is 3. The molecule has 0 bridgehead atoms. The fourth-order valence-electron chi connectivity index (χ4n) is 3.90. The van der Waals surface area contributed by atoms with Crippen molar-refractivity contribution in [3.63, 3.8) is 0 Å². The second kappa shape index (κ2) is 10.9. The van der Waals surface area contributed by atoms with Gasteiger partial charge in [-0.2, -0.15) is 5.26 Å². The number of hydrogen-bond donors (Lipinski definition) is 1. The van der Waals surface area contributed by atoms with E-state index in [2.05, 4.69) is 6.07 Å². The molecule has 0 amide bonds. The molecule has 1 unspecified atom stereocenters. The molecule has 0 aromatic heterocycles. The summed E-state index contributed by atoms with van der Waals surface area (Å²) in [7, 11) is 0. The van der Waals surface area contributed by atoms with Crippen molar-refractivity contribution in [1.29, 1.82) is 5.26 Å². The number of nitriles is 1. The second-order valence-electron chi connectivity index (χ2n) is 8.40. The molecule has 0 fully saturated rings. The Morgan fingerprint density at radius 2 is 1.81 bits per heavy atom. The van der Waals surface area contributed by atoms with Gasteiger partial charge < -0.3 is 19.9 Å². The van der Waals surface area contributed by atoms with Gasteiger partial charge in [-0.25, -0.2) is 4.79 Å². The molecular weight excluding hydrogens is 499 g/mol. The summed E-state index contributed by atoms with van der Waals surface area (Å²) >= 11 is 12.6. The van der Waals surface area contributed by atoms with Crippen LogP contribution in [0.4, 0.5) is 0 Å². The Hall–Kier alpha value is -3.66. The topological polar surface area (TPSA) is 94.6 Å². The summed E-state index contributed by atoms with van der Waals surface area (Å²) < 4.78 is 16.9. The summed E-state index contributed by atoms with van der Waals surface area (Å²) in [5.41, 5.74) is 9.32. The first-order chi connectivity index (χ1) is 17.3. The third-order valence-corrected chi connectivity index (χ3v) is 6.35. The number of nitrogens with two attached hydrogens (primary N) is 1.